The lowest BCUT2D eigenvalue weighted by molar-refractivity contribution is -0.118. The molecule has 17 heavy (non-hydrogen) atoms. The summed E-state index contributed by atoms with van der Waals surface area (Å²) in [5.41, 5.74) is 1.86. The van der Waals surface area contributed by atoms with Gasteiger partial charge in [0.15, 0.2) is 0 Å². The van der Waals surface area contributed by atoms with Gasteiger partial charge in [-0.3, -0.25) is 4.79 Å². The van der Waals surface area contributed by atoms with Crippen molar-refractivity contribution in [2.45, 2.75) is 39.5 Å². The minimum atomic E-state index is -0.0549. The molecule has 1 aromatic heterocycles. The first-order chi connectivity index (χ1) is 8.13. The summed E-state index contributed by atoms with van der Waals surface area (Å²) in [7, 11) is 0. The smallest absolute Gasteiger partial charge is 0.227 e. The van der Waals surface area contributed by atoms with Crippen LogP contribution in [-0.2, 0) is 17.6 Å². The first-order valence-electron chi connectivity index (χ1n) is 5.99. The van der Waals surface area contributed by atoms with Crippen LogP contribution in [0.1, 0.15) is 42.7 Å². The van der Waals surface area contributed by atoms with Crippen LogP contribution in [0.2, 0.25) is 0 Å². The number of amides is 1. The van der Waals surface area contributed by atoms with Crippen molar-refractivity contribution in [3.05, 3.63) is 16.0 Å². The number of hydrogen-bond acceptors (Lipinski definition) is 3. The van der Waals surface area contributed by atoms with Crippen LogP contribution in [0.25, 0.3) is 0 Å². The molecule has 1 amide bonds. The summed E-state index contributed by atoms with van der Waals surface area (Å²) in [5, 5.41) is 12.8. The molecule has 3 nitrogen and oxygen atoms in total. The van der Waals surface area contributed by atoms with E-state index in [1.807, 2.05) is 13.8 Å². The molecule has 0 atom stereocenters. The van der Waals surface area contributed by atoms with Crippen molar-refractivity contribution >= 4 is 22.2 Å². The summed E-state index contributed by atoms with van der Waals surface area (Å²) >= 11 is 1.58. The van der Waals surface area contributed by atoms with Crippen molar-refractivity contribution in [3.63, 3.8) is 0 Å². The third-order valence-electron chi connectivity index (χ3n) is 3.04. The van der Waals surface area contributed by atoms with Crippen molar-refractivity contribution in [1.29, 1.82) is 5.26 Å². The van der Waals surface area contributed by atoms with Crippen molar-refractivity contribution in [3.8, 4) is 6.07 Å². The van der Waals surface area contributed by atoms with E-state index in [0.29, 0.717) is 5.56 Å². The number of carbonyl (C=O) groups excluding carboxylic acids is 1. The number of carbonyl (C=O) groups is 1. The molecule has 1 aromatic rings. The lowest BCUT2D eigenvalue weighted by Crippen LogP contribution is -2.17. The summed E-state index contributed by atoms with van der Waals surface area (Å²) in [6, 6.07) is 2.24. The zero-order valence-corrected chi connectivity index (χ0v) is 11.0. The first kappa shape index (κ1) is 12.1. The molecule has 0 fully saturated rings. The summed E-state index contributed by atoms with van der Waals surface area (Å²) in [6.45, 7) is 3.71. The van der Waals surface area contributed by atoms with E-state index in [2.05, 4.69) is 11.4 Å². The molecule has 0 radical (unpaired) electrons. The van der Waals surface area contributed by atoms with E-state index in [0.717, 1.165) is 24.3 Å². The molecule has 0 aliphatic heterocycles. The van der Waals surface area contributed by atoms with Gasteiger partial charge in [0, 0.05) is 10.8 Å². The van der Waals surface area contributed by atoms with E-state index in [-0.39, 0.29) is 11.8 Å². The van der Waals surface area contributed by atoms with Gasteiger partial charge in [0.2, 0.25) is 5.91 Å². The van der Waals surface area contributed by atoms with Crippen LogP contribution in [0.3, 0.4) is 0 Å². The van der Waals surface area contributed by atoms with E-state index in [1.165, 1.54) is 16.9 Å². The minimum absolute atomic E-state index is 0.0138. The van der Waals surface area contributed by atoms with Gasteiger partial charge in [-0.25, -0.2) is 0 Å². The van der Waals surface area contributed by atoms with Crippen LogP contribution in [0.15, 0.2) is 0 Å². The fourth-order valence-corrected chi connectivity index (χ4v) is 3.27. The molecule has 0 saturated heterocycles. The largest absolute Gasteiger partial charge is 0.316 e. The quantitative estimate of drug-likeness (QED) is 0.874. The summed E-state index contributed by atoms with van der Waals surface area (Å²) in [4.78, 5) is 13.0. The number of thiophene rings is 1. The number of nitrogens with zero attached hydrogens (tertiary/aromatic N) is 1. The first-order valence-corrected chi connectivity index (χ1v) is 6.80. The van der Waals surface area contributed by atoms with E-state index < -0.39 is 0 Å². The molecule has 1 aliphatic rings. The Kier molecular flexibility index (Phi) is 3.49. The minimum Gasteiger partial charge on any atom is -0.316 e. The SMILES string of the molecule is CC(C)C(=O)Nc1sc2c(c1C#N)CCCC2. The molecular formula is C13H16N2OS. The molecule has 1 N–H and O–H groups in total. The Balaban J connectivity index is 2.32. The lowest BCUT2D eigenvalue weighted by atomic mass is 9.96. The second-order valence-corrected chi connectivity index (χ2v) is 5.78. The van der Waals surface area contributed by atoms with Crippen molar-refractivity contribution in [1.82, 2.24) is 0 Å². The maximum atomic E-state index is 11.7. The number of fused-ring (bicyclic) bond motifs is 1. The van der Waals surface area contributed by atoms with E-state index in [4.69, 9.17) is 0 Å². The van der Waals surface area contributed by atoms with Crippen LogP contribution in [-0.4, -0.2) is 5.91 Å². The molecule has 0 saturated carbocycles. The summed E-state index contributed by atoms with van der Waals surface area (Å²) < 4.78 is 0. The molecule has 0 bridgehead atoms. The van der Waals surface area contributed by atoms with Crippen LogP contribution in [0.5, 0.6) is 0 Å². The summed E-state index contributed by atoms with van der Waals surface area (Å²) in [5.74, 6) is -0.0687. The van der Waals surface area contributed by atoms with Gasteiger partial charge in [-0.1, -0.05) is 13.8 Å². The molecule has 90 valence electrons. The Morgan fingerprint density at radius 3 is 2.76 bits per heavy atom. The Morgan fingerprint density at radius 2 is 2.12 bits per heavy atom. The topological polar surface area (TPSA) is 52.9 Å². The molecule has 1 heterocycles. The molecule has 0 spiro atoms. The van der Waals surface area contributed by atoms with E-state index >= 15 is 0 Å². The normalized spacial score (nSPS) is 14.2. The van der Waals surface area contributed by atoms with Gasteiger partial charge in [0.25, 0.3) is 0 Å². The predicted molar refractivity (Wildman–Crippen MR) is 69.1 cm³/mol. The van der Waals surface area contributed by atoms with Crippen LogP contribution < -0.4 is 5.32 Å². The highest BCUT2D eigenvalue weighted by molar-refractivity contribution is 7.16. The third-order valence-corrected chi connectivity index (χ3v) is 4.25. The van der Waals surface area contributed by atoms with Crippen LogP contribution in [0.4, 0.5) is 5.00 Å². The van der Waals surface area contributed by atoms with Crippen LogP contribution in [0, 0.1) is 17.2 Å². The molecular weight excluding hydrogens is 232 g/mol. The second kappa shape index (κ2) is 4.89. The van der Waals surface area contributed by atoms with Gasteiger partial charge in [-0.05, 0) is 31.2 Å². The standard InChI is InChI=1S/C13H16N2OS/c1-8(2)12(16)15-13-10(7-14)9-5-3-4-6-11(9)17-13/h8H,3-6H2,1-2H3,(H,15,16). The highest BCUT2D eigenvalue weighted by Gasteiger charge is 2.22. The van der Waals surface area contributed by atoms with E-state index in [1.54, 1.807) is 11.3 Å². The van der Waals surface area contributed by atoms with Gasteiger partial charge >= 0.3 is 0 Å². The zero-order chi connectivity index (χ0) is 12.4. The number of rotatable bonds is 2. The van der Waals surface area contributed by atoms with Gasteiger partial charge in [-0.15, -0.1) is 11.3 Å². The maximum absolute atomic E-state index is 11.7. The van der Waals surface area contributed by atoms with Crippen molar-refractivity contribution in [2.75, 3.05) is 5.32 Å². The average molecular weight is 248 g/mol. The highest BCUT2D eigenvalue weighted by atomic mass is 32.1. The maximum Gasteiger partial charge on any atom is 0.227 e. The number of nitriles is 1. The third kappa shape index (κ3) is 2.34. The molecule has 2 rings (SSSR count). The molecule has 0 unspecified atom stereocenters. The predicted octanol–water partition coefficient (Wildman–Crippen LogP) is 3.09. The van der Waals surface area contributed by atoms with Crippen molar-refractivity contribution < 1.29 is 4.79 Å². The van der Waals surface area contributed by atoms with Gasteiger partial charge in [0.1, 0.15) is 11.1 Å². The molecule has 4 heteroatoms. The average Bonchev–Trinajstić information content (AvgIpc) is 2.65. The number of hydrogen-bond donors (Lipinski definition) is 1. The van der Waals surface area contributed by atoms with Gasteiger partial charge < -0.3 is 5.32 Å². The zero-order valence-electron chi connectivity index (χ0n) is 10.2. The number of anilines is 1. The fraction of sp³-hybridized carbons (Fsp3) is 0.538. The Labute approximate surface area is 105 Å². The monoisotopic (exact) mass is 248 g/mol. The number of nitrogens with one attached hydrogen (secondary N) is 1. The second-order valence-electron chi connectivity index (χ2n) is 4.67. The Morgan fingerprint density at radius 1 is 1.41 bits per heavy atom. The fourth-order valence-electron chi connectivity index (χ4n) is 2.03. The summed E-state index contributed by atoms with van der Waals surface area (Å²) in [6.07, 6.45) is 4.37. The molecule has 1 aliphatic carbocycles. The van der Waals surface area contributed by atoms with Gasteiger partial charge in [-0.2, -0.15) is 5.26 Å². The Hall–Kier alpha value is -1.34. The van der Waals surface area contributed by atoms with Crippen LogP contribution >= 0.6 is 11.3 Å². The van der Waals surface area contributed by atoms with Crippen molar-refractivity contribution in [2.24, 2.45) is 5.92 Å². The Bertz CT molecular complexity index is 482. The van der Waals surface area contributed by atoms with Gasteiger partial charge in [0.05, 0.1) is 5.56 Å². The van der Waals surface area contributed by atoms with E-state index in [9.17, 15) is 10.1 Å². The molecule has 0 aromatic carbocycles. The lowest BCUT2D eigenvalue weighted by Gasteiger charge is -2.09. The number of aryl methyl sites for hydroxylation is 1. The highest BCUT2D eigenvalue weighted by Crippen LogP contribution is 2.37.